The highest BCUT2D eigenvalue weighted by atomic mass is 32.2. The van der Waals surface area contributed by atoms with Crippen molar-refractivity contribution in [3.05, 3.63) is 94.7 Å². The van der Waals surface area contributed by atoms with Gasteiger partial charge >= 0.3 is 0 Å². The summed E-state index contributed by atoms with van der Waals surface area (Å²) < 4.78 is 1.95. The molecule has 0 spiro atoms. The molecule has 32 heavy (non-hydrogen) atoms. The van der Waals surface area contributed by atoms with Crippen LogP contribution >= 0.6 is 11.8 Å². The normalized spacial score (nSPS) is 17.2. The van der Waals surface area contributed by atoms with E-state index in [1.807, 2.05) is 71.4 Å². The molecule has 0 unspecified atom stereocenters. The topological polar surface area (TPSA) is 62.6 Å². The average molecular weight is 444 g/mol. The first-order chi connectivity index (χ1) is 15.6. The number of benzene rings is 2. The predicted molar refractivity (Wildman–Crippen MR) is 124 cm³/mol. The van der Waals surface area contributed by atoms with Gasteiger partial charge in [0.15, 0.2) is 0 Å². The second-order valence-electron chi connectivity index (χ2n) is 7.74. The number of aromatic nitrogens is 1. The summed E-state index contributed by atoms with van der Waals surface area (Å²) >= 11 is 0.876. The van der Waals surface area contributed by atoms with Gasteiger partial charge in [-0.3, -0.25) is 19.3 Å². The number of carbonyl (C=O) groups excluding carboxylic acids is 3. The highest BCUT2D eigenvalue weighted by Crippen LogP contribution is 2.33. The smallest absolute Gasteiger partial charge is 0.294 e. The summed E-state index contributed by atoms with van der Waals surface area (Å²) in [6.07, 6.45) is 4.39. The number of fused-ring (bicyclic) bond motifs is 1. The van der Waals surface area contributed by atoms with Crippen molar-refractivity contribution in [3.8, 4) is 5.69 Å². The first-order valence-electron chi connectivity index (χ1n) is 10.4. The van der Waals surface area contributed by atoms with E-state index in [9.17, 15) is 14.4 Å². The standard InChI is InChI=1S/C25H21N3O3S/c29-23(26-14-12-18-7-4-5-8-19(18)16-26)17-28-24(30)22(32-25(28)31)15-21-11-6-13-27(21)20-9-2-1-3-10-20/h1-11,13,15H,12,14,16-17H2/b22-15-. The lowest BCUT2D eigenvalue weighted by Crippen LogP contribution is -2.44. The van der Waals surface area contributed by atoms with E-state index in [4.69, 9.17) is 0 Å². The molecule has 0 radical (unpaired) electrons. The van der Waals surface area contributed by atoms with E-state index in [0.717, 1.165) is 40.0 Å². The lowest BCUT2D eigenvalue weighted by atomic mass is 10.00. The minimum atomic E-state index is -0.424. The number of hydrogen-bond donors (Lipinski definition) is 0. The van der Waals surface area contributed by atoms with Crippen LogP contribution in [0.25, 0.3) is 11.8 Å². The van der Waals surface area contributed by atoms with Gasteiger partial charge in [0.05, 0.1) is 4.91 Å². The van der Waals surface area contributed by atoms with E-state index in [-0.39, 0.29) is 12.5 Å². The summed E-state index contributed by atoms with van der Waals surface area (Å²) in [7, 11) is 0. The number of amides is 3. The molecule has 3 heterocycles. The molecule has 2 aliphatic rings. The van der Waals surface area contributed by atoms with Gasteiger partial charge in [0.1, 0.15) is 6.54 Å². The maximum absolute atomic E-state index is 12.9. The van der Waals surface area contributed by atoms with Crippen molar-refractivity contribution >= 4 is 34.9 Å². The zero-order valence-electron chi connectivity index (χ0n) is 17.3. The fourth-order valence-corrected chi connectivity index (χ4v) is 4.87. The third kappa shape index (κ3) is 3.87. The minimum Gasteiger partial charge on any atom is -0.336 e. The summed E-state index contributed by atoms with van der Waals surface area (Å²) in [6, 6.07) is 21.6. The molecule has 6 nitrogen and oxygen atoms in total. The van der Waals surface area contributed by atoms with Crippen LogP contribution in [0.5, 0.6) is 0 Å². The van der Waals surface area contributed by atoms with Crippen molar-refractivity contribution in [2.75, 3.05) is 13.1 Å². The van der Waals surface area contributed by atoms with E-state index in [0.29, 0.717) is 18.0 Å². The van der Waals surface area contributed by atoms with E-state index < -0.39 is 11.1 Å². The Morgan fingerprint density at radius 1 is 0.938 bits per heavy atom. The molecule has 3 aromatic rings. The number of para-hydroxylation sites is 1. The lowest BCUT2D eigenvalue weighted by molar-refractivity contribution is -0.136. The number of nitrogens with zero attached hydrogens (tertiary/aromatic N) is 3. The minimum absolute atomic E-state index is 0.212. The van der Waals surface area contributed by atoms with Gasteiger partial charge in [-0.15, -0.1) is 0 Å². The van der Waals surface area contributed by atoms with Gasteiger partial charge in [-0.05, 0) is 59.7 Å². The van der Waals surface area contributed by atoms with Crippen molar-refractivity contribution in [1.82, 2.24) is 14.4 Å². The highest BCUT2D eigenvalue weighted by molar-refractivity contribution is 8.18. The van der Waals surface area contributed by atoms with Gasteiger partial charge in [0.25, 0.3) is 11.1 Å². The summed E-state index contributed by atoms with van der Waals surface area (Å²) in [5.41, 5.74) is 4.11. The fraction of sp³-hybridized carbons (Fsp3) is 0.160. The van der Waals surface area contributed by atoms with Crippen LogP contribution in [0, 0.1) is 0 Å². The van der Waals surface area contributed by atoms with Crippen molar-refractivity contribution in [2.24, 2.45) is 0 Å². The molecule has 0 aliphatic carbocycles. The molecule has 1 aromatic heterocycles. The van der Waals surface area contributed by atoms with Crippen LogP contribution in [-0.2, 0) is 22.6 Å². The van der Waals surface area contributed by atoms with Crippen molar-refractivity contribution in [1.29, 1.82) is 0 Å². The Kier molecular flexibility index (Phi) is 5.41. The Bertz CT molecular complexity index is 1230. The zero-order valence-corrected chi connectivity index (χ0v) is 18.1. The number of rotatable bonds is 4. The molecule has 7 heteroatoms. The van der Waals surface area contributed by atoms with Crippen molar-refractivity contribution in [2.45, 2.75) is 13.0 Å². The summed E-state index contributed by atoms with van der Waals surface area (Å²) in [5, 5.41) is -0.412. The predicted octanol–water partition coefficient (Wildman–Crippen LogP) is 4.10. The van der Waals surface area contributed by atoms with Crippen molar-refractivity contribution < 1.29 is 14.4 Å². The summed E-state index contributed by atoms with van der Waals surface area (Å²) in [5.74, 6) is -0.637. The van der Waals surface area contributed by atoms with E-state index in [1.54, 1.807) is 11.0 Å². The first kappa shape index (κ1) is 20.3. The molecule has 160 valence electrons. The molecule has 5 rings (SSSR count). The summed E-state index contributed by atoms with van der Waals surface area (Å²) in [6.45, 7) is 0.863. The molecule has 2 aliphatic heterocycles. The highest BCUT2D eigenvalue weighted by Gasteiger charge is 2.37. The number of carbonyl (C=O) groups is 3. The Balaban J connectivity index is 1.31. The van der Waals surface area contributed by atoms with Crippen LogP contribution in [0.3, 0.4) is 0 Å². The average Bonchev–Trinajstić information content (AvgIpc) is 3.39. The Labute approximate surface area is 190 Å². The Morgan fingerprint density at radius 2 is 1.69 bits per heavy atom. The molecule has 0 atom stereocenters. The lowest BCUT2D eigenvalue weighted by Gasteiger charge is -2.29. The number of imide groups is 1. The molecule has 1 saturated heterocycles. The van der Waals surface area contributed by atoms with Gasteiger partial charge in [-0.2, -0.15) is 0 Å². The van der Waals surface area contributed by atoms with Gasteiger partial charge in [-0.25, -0.2) is 0 Å². The van der Waals surface area contributed by atoms with Crippen molar-refractivity contribution in [3.63, 3.8) is 0 Å². The fourth-order valence-electron chi connectivity index (χ4n) is 4.05. The van der Waals surface area contributed by atoms with Gasteiger partial charge in [0.2, 0.25) is 5.91 Å². The van der Waals surface area contributed by atoms with E-state index >= 15 is 0 Å². The van der Waals surface area contributed by atoms with E-state index in [2.05, 4.69) is 6.07 Å². The molecule has 1 fully saturated rings. The quantitative estimate of drug-likeness (QED) is 0.570. The third-order valence-electron chi connectivity index (χ3n) is 5.74. The Morgan fingerprint density at radius 3 is 2.50 bits per heavy atom. The molecule has 2 aromatic carbocycles. The monoisotopic (exact) mass is 443 g/mol. The van der Waals surface area contributed by atoms with Crippen LogP contribution in [0.1, 0.15) is 16.8 Å². The van der Waals surface area contributed by atoms with Crippen LogP contribution < -0.4 is 0 Å². The maximum atomic E-state index is 12.9. The molecule has 0 saturated carbocycles. The second-order valence-corrected chi connectivity index (χ2v) is 8.73. The third-order valence-corrected chi connectivity index (χ3v) is 6.65. The SMILES string of the molecule is O=C(CN1C(=O)S/C(=C\c2cccn2-c2ccccc2)C1=O)N1CCc2ccccc2C1. The molecule has 0 bridgehead atoms. The first-order valence-corrected chi connectivity index (χ1v) is 11.2. The maximum Gasteiger partial charge on any atom is 0.294 e. The van der Waals surface area contributed by atoms with E-state index in [1.165, 1.54) is 5.56 Å². The van der Waals surface area contributed by atoms with Crippen LogP contribution in [0.4, 0.5) is 4.79 Å². The molecular weight excluding hydrogens is 422 g/mol. The number of hydrogen-bond acceptors (Lipinski definition) is 4. The van der Waals surface area contributed by atoms with Crippen LogP contribution in [-0.4, -0.2) is 44.5 Å². The second kappa shape index (κ2) is 8.51. The molecule has 3 amide bonds. The van der Waals surface area contributed by atoms with Crippen LogP contribution in [0.2, 0.25) is 0 Å². The van der Waals surface area contributed by atoms with Crippen LogP contribution in [0.15, 0.2) is 77.8 Å². The largest absolute Gasteiger partial charge is 0.336 e. The Hall–Kier alpha value is -3.58. The van der Waals surface area contributed by atoms with Gasteiger partial charge in [-0.1, -0.05) is 42.5 Å². The molecular formula is C25H21N3O3S. The summed E-state index contributed by atoms with van der Waals surface area (Å²) in [4.78, 5) is 41.4. The van der Waals surface area contributed by atoms with Gasteiger partial charge in [0, 0.05) is 30.7 Å². The molecule has 0 N–H and O–H groups in total. The number of thioether (sulfide) groups is 1. The zero-order chi connectivity index (χ0) is 22.1. The van der Waals surface area contributed by atoms with Gasteiger partial charge < -0.3 is 9.47 Å².